The van der Waals surface area contributed by atoms with Crippen molar-refractivity contribution in [3.05, 3.63) is 59.9 Å². The monoisotopic (exact) mass is 429 g/mol. The molecule has 0 bridgehead atoms. The molecule has 1 amide bonds. The molecule has 1 N–H and O–H groups in total. The van der Waals surface area contributed by atoms with E-state index in [2.05, 4.69) is 15.2 Å². The van der Waals surface area contributed by atoms with Crippen LogP contribution in [0.3, 0.4) is 0 Å². The van der Waals surface area contributed by atoms with Crippen LogP contribution in [0, 0.1) is 0 Å². The molecule has 0 aliphatic carbocycles. The van der Waals surface area contributed by atoms with Crippen LogP contribution >= 0.6 is 0 Å². The number of nitrogens with zero attached hydrogens (tertiary/aromatic N) is 2. The Balaban J connectivity index is 1.94. The van der Waals surface area contributed by atoms with E-state index in [4.69, 9.17) is 4.74 Å². The van der Waals surface area contributed by atoms with E-state index in [-0.39, 0.29) is 17.6 Å². The van der Waals surface area contributed by atoms with Gasteiger partial charge in [-0.05, 0) is 54.8 Å². The van der Waals surface area contributed by atoms with Crippen LogP contribution in [0.1, 0.15) is 42.9 Å². The van der Waals surface area contributed by atoms with Gasteiger partial charge in [0.25, 0.3) is 5.91 Å². The van der Waals surface area contributed by atoms with Gasteiger partial charge in [0.2, 0.25) is 0 Å². The number of amides is 1. The minimum atomic E-state index is -2.97. The van der Waals surface area contributed by atoms with Crippen molar-refractivity contribution < 1.29 is 23.0 Å². The van der Waals surface area contributed by atoms with E-state index in [1.165, 1.54) is 12.1 Å². The fraction of sp³-hybridized carbons (Fsp3) is 0.304. The van der Waals surface area contributed by atoms with Crippen molar-refractivity contribution in [1.29, 1.82) is 0 Å². The molecule has 3 aromatic rings. The lowest BCUT2D eigenvalue weighted by Gasteiger charge is -2.14. The minimum Gasteiger partial charge on any atom is -0.497 e. The number of benzene rings is 2. The number of aryl methyl sites for hydroxylation is 1. The number of methoxy groups -OCH3 is 1. The quantitative estimate of drug-likeness (QED) is 0.509. The first-order valence-corrected chi connectivity index (χ1v) is 9.94. The molecule has 8 heteroatoms. The molecule has 0 fully saturated rings. The Labute approximate surface area is 179 Å². The van der Waals surface area contributed by atoms with Gasteiger partial charge in [0.15, 0.2) is 0 Å². The number of alkyl halides is 2. The van der Waals surface area contributed by atoms with Crippen molar-refractivity contribution in [2.45, 2.75) is 39.8 Å². The highest BCUT2D eigenvalue weighted by molar-refractivity contribution is 6.03. The third kappa shape index (κ3) is 5.20. The number of aromatic nitrogens is 2. The highest BCUT2D eigenvalue weighted by Gasteiger charge is 2.18. The summed E-state index contributed by atoms with van der Waals surface area (Å²) in [7, 11) is 1.54. The molecule has 0 aliphatic rings. The molecule has 6 nitrogen and oxygen atoms in total. The van der Waals surface area contributed by atoms with E-state index in [9.17, 15) is 13.6 Å². The average Bonchev–Trinajstić information content (AvgIpc) is 3.20. The summed E-state index contributed by atoms with van der Waals surface area (Å²) in [5.74, 6) is 0.508. The Hall–Kier alpha value is -3.42. The first kappa shape index (κ1) is 22.3. The van der Waals surface area contributed by atoms with Crippen LogP contribution in [0.5, 0.6) is 11.5 Å². The standard InChI is InChI=1S/C23H25F2N3O3/c1-5-28-20(13-19(27-28)14(2)3)22(29)26-16-8-11-21(31-23(24)25)18(12-16)15-6-9-17(30-4)10-7-15/h6-14,23H,5H2,1-4H3,(H,26,29). The number of hydrogen-bond donors (Lipinski definition) is 1. The van der Waals surface area contributed by atoms with Crippen molar-refractivity contribution in [3.8, 4) is 22.6 Å². The normalized spacial score (nSPS) is 11.1. The van der Waals surface area contributed by atoms with Crippen molar-refractivity contribution in [2.75, 3.05) is 12.4 Å². The molecule has 2 aromatic carbocycles. The Bertz CT molecular complexity index is 1050. The number of anilines is 1. The van der Waals surface area contributed by atoms with E-state index in [1.807, 2.05) is 20.8 Å². The SMILES string of the molecule is CCn1nc(C(C)C)cc1C(=O)Nc1ccc(OC(F)F)c(-c2ccc(OC)cc2)c1. The van der Waals surface area contributed by atoms with E-state index in [0.717, 1.165) is 5.69 Å². The van der Waals surface area contributed by atoms with Crippen LogP contribution in [-0.2, 0) is 6.54 Å². The largest absolute Gasteiger partial charge is 0.497 e. The lowest BCUT2D eigenvalue weighted by atomic mass is 10.0. The zero-order chi connectivity index (χ0) is 22.5. The Morgan fingerprint density at radius 1 is 1.13 bits per heavy atom. The molecular weight excluding hydrogens is 404 g/mol. The molecule has 0 spiro atoms. The number of halogens is 2. The van der Waals surface area contributed by atoms with Crippen LogP contribution in [0.2, 0.25) is 0 Å². The van der Waals surface area contributed by atoms with Crippen LogP contribution in [0.15, 0.2) is 48.5 Å². The van der Waals surface area contributed by atoms with E-state index in [0.29, 0.717) is 34.8 Å². The topological polar surface area (TPSA) is 65.4 Å². The van der Waals surface area contributed by atoms with Gasteiger partial charge in [0.05, 0.1) is 12.8 Å². The lowest BCUT2D eigenvalue weighted by molar-refractivity contribution is -0.0494. The van der Waals surface area contributed by atoms with Crippen molar-refractivity contribution in [2.24, 2.45) is 0 Å². The molecule has 3 rings (SSSR count). The maximum Gasteiger partial charge on any atom is 0.387 e. The Morgan fingerprint density at radius 2 is 1.84 bits per heavy atom. The second kappa shape index (κ2) is 9.59. The molecule has 1 heterocycles. The van der Waals surface area contributed by atoms with Crippen LogP contribution in [0.25, 0.3) is 11.1 Å². The smallest absolute Gasteiger partial charge is 0.387 e. The fourth-order valence-electron chi connectivity index (χ4n) is 3.14. The lowest BCUT2D eigenvalue weighted by Crippen LogP contribution is -2.17. The van der Waals surface area contributed by atoms with Crippen LogP contribution in [-0.4, -0.2) is 29.4 Å². The molecule has 0 unspecified atom stereocenters. The van der Waals surface area contributed by atoms with Crippen LogP contribution in [0.4, 0.5) is 14.5 Å². The second-order valence-corrected chi connectivity index (χ2v) is 7.20. The number of ether oxygens (including phenoxy) is 2. The molecule has 0 aliphatic heterocycles. The van der Waals surface area contributed by atoms with Gasteiger partial charge in [-0.3, -0.25) is 9.48 Å². The molecule has 0 radical (unpaired) electrons. The summed E-state index contributed by atoms with van der Waals surface area (Å²) < 4.78 is 37.3. The molecule has 1 aromatic heterocycles. The first-order valence-electron chi connectivity index (χ1n) is 9.94. The number of carbonyl (C=O) groups excluding carboxylic acids is 1. The predicted molar refractivity (Wildman–Crippen MR) is 115 cm³/mol. The van der Waals surface area contributed by atoms with E-state index < -0.39 is 6.61 Å². The number of hydrogen-bond acceptors (Lipinski definition) is 4. The third-order valence-electron chi connectivity index (χ3n) is 4.78. The summed E-state index contributed by atoms with van der Waals surface area (Å²) in [6.07, 6.45) is 0. The maximum atomic E-state index is 12.9. The summed E-state index contributed by atoms with van der Waals surface area (Å²) in [4.78, 5) is 12.9. The third-order valence-corrected chi connectivity index (χ3v) is 4.78. The number of nitrogens with one attached hydrogen (secondary N) is 1. The highest BCUT2D eigenvalue weighted by atomic mass is 19.3. The Kier molecular flexibility index (Phi) is 6.89. The van der Waals surface area contributed by atoms with Gasteiger partial charge in [-0.2, -0.15) is 13.9 Å². The van der Waals surface area contributed by atoms with Crippen LogP contribution < -0.4 is 14.8 Å². The fourth-order valence-corrected chi connectivity index (χ4v) is 3.14. The molecular formula is C23H25F2N3O3. The summed E-state index contributed by atoms with van der Waals surface area (Å²) in [6, 6.07) is 13.2. The van der Waals surface area contributed by atoms with Gasteiger partial charge >= 0.3 is 6.61 Å². The first-order chi connectivity index (χ1) is 14.8. The summed E-state index contributed by atoms with van der Waals surface area (Å²) >= 11 is 0. The van der Waals surface area contributed by atoms with Crippen molar-refractivity contribution in [3.63, 3.8) is 0 Å². The molecule has 0 atom stereocenters. The summed E-state index contributed by atoms with van der Waals surface area (Å²) in [5.41, 5.74) is 2.78. The van der Waals surface area contributed by atoms with E-state index in [1.54, 1.807) is 48.2 Å². The molecule has 0 saturated carbocycles. The summed E-state index contributed by atoms with van der Waals surface area (Å²) in [6.45, 7) is 3.51. The van der Waals surface area contributed by atoms with Gasteiger partial charge in [-0.1, -0.05) is 26.0 Å². The molecule has 164 valence electrons. The zero-order valence-corrected chi connectivity index (χ0v) is 17.9. The van der Waals surface area contributed by atoms with Gasteiger partial charge in [-0.15, -0.1) is 0 Å². The predicted octanol–water partition coefficient (Wildman–Crippen LogP) is 5.56. The van der Waals surface area contributed by atoms with Gasteiger partial charge < -0.3 is 14.8 Å². The van der Waals surface area contributed by atoms with Gasteiger partial charge in [0, 0.05) is 17.8 Å². The average molecular weight is 429 g/mol. The second-order valence-electron chi connectivity index (χ2n) is 7.20. The minimum absolute atomic E-state index is 0.0128. The number of carbonyl (C=O) groups is 1. The van der Waals surface area contributed by atoms with Crippen molar-refractivity contribution in [1.82, 2.24) is 9.78 Å². The molecule has 0 saturated heterocycles. The summed E-state index contributed by atoms with van der Waals surface area (Å²) in [5, 5.41) is 7.29. The van der Waals surface area contributed by atoms with Gasteiger partial charge in [0.1, 0.15) is 17.2 Å². The van der Waals surface area contributed by atoms with Gasteiger partial charge in [-0.25, -0.2) is 0 Å². The van der Waals surface area contributed by atoms with E-state index >= 15 is 0 Å². The number of rotatable bonds is 8. The zero-order valence-electron chi connectivity index (χ0n) is 17.9. The highest BCUT2D eigenvalue weighted by Crippen LogP contribution is 2.34. The van der Waals surface area contributed by atoms with Crippen molar-refractivity contribution >= 4 is 11.6 Å². The molecule has 31 heavy (non-hydrogen) atoms. The maximum absolute atomic E-state index is 12.9. The Morgan fingerprint density at radius 3 is 2.42 bits per heavy atom.